The number of rotatable bonds is 4. The Hall–Kier alpha value is -0.730. The van der Waals surface area contributed by atoms with Gasteiger partial charge in [-0.15, -0.1) is 0 Å². The van der Waals surface area contributed by atoms with Crippen molar-refractivity contribution in [1.29, 1.82) is 0 Å². The van der Waals surface area contributed by atoms with Gasteiger partial charge in [0.15, 0.2) is 0 Å². The maximum Gasteiger partial charge on any atom is 0.0642 e. The molecule has 0 unspecified atom stereocenters. The van der Waals surface area contributed by atoms with Crippen LogP contribution in [0.3, 0.4) is 0 Å². The molecule has 0 atom stereocenters. The standard InChI is InChI=1S/C11H17ClN2/c1-4-13-8-9-6-5-7-10(12)11(9)14(2)3/h5-7,13H,4,8H2,1-3H3. The van der Waals surface area contributed by atoms with E-state index in [1.54, 1.807) is 0 Å². The SMILES string of the molecule is CCNCc1cccc(Cl)c1N(C)C. The molecular formula is C11H17ClN2. The summed E-state index contributed by atoms with van der Waals surface area (Å²) in [4.78, 5) is 2.05. The first kappa shape index (κ1) is 11.3. The lowest BCUT2D eigenvalue weighted by Crippen LogP contribution is -2.17. The minimum absolute atomic E-state index is 0.811. The average molecular weight is 213 g/mol. The zero-order valence-corrected chi connectivity index (χ0v) is 9.73. The fourth-order valence-electron chi connectivity index (χ4n) is 1.46. The number of benzene rings is 1. The van der Waals surface area contributed by atoms with Crippen molar-refractivity contribution in [1.82, 2.24) is 5.32 Å². The minimum atomic E-state index is 0.811. The minimum Gasteiger partial charge on any atom is -0.376 e. The summed E-state index contributed by atoms with van der Waals surface area (Å²) in [7, 11) is 4.02. The Kier molecular flexibility index (Phi) is 4.23. The molecule has 0 bridgehead atoms. The first-order valence-electron chi connectivity index (χ1n) is 4.82. The molecule has 0 spiro atoms. The largest absolute Gasteiger partial charge is 0.376 e. The molecule has 1 rings (SSSR count). The molecular weight excluding hydrogens is 196 g/mol. The Balaban J connectivity index is 2.96. The van der Waals surface area contributed by atoms with Gasteiger partial charge in [-0.05, 0) is 18.2 Å². The highest BCUT2D eigenvalue weighted by atomic mass is 35.5. The molecule has 1 aromatic carbocycles. The summed E-state index contributed by atoms with van der Waals surface area (Å²) < 4.78 is 0. The number of para-hydroxylation sites is 1. The van der Waals surface area contributed by atoms with Gasteiger partial charge in [0.25, 0.3) is 0 Å². The summed E-state index contributed by atoms with van der Waals surface area (Å²) in [6.07, 6.45) is 0. The van der Waals surface area contributed by atoms with Crippen molar-refractivity contribution in [3.63, 3.8) is 0 Å². The molecule has 0 aliphatic rings. The highest BCUT2D eigenvalue weighted by molar-refractivity contribution is 6.33. The van der Waals surface area contributed by atoms with E-state index in [0.717, 1.165) is 23.8 Å². The molecule has 0 amide bonds. The molecule has 0 aromatic heterocycles. The summed E-state index contributed by atoms with van der Waals surface area (Å²) in [5, 5.41) is 4.11. The maximum absolute atomic E-state index is 6.13. The first-order chi connectivity index (χ1) is 6.66. The van der Waals surface area contributed by atoms with E-state index in [0.29, 0.717) is 0 Å². The van der Waals surface area contributed by atoms with Crippen molar-refractivity contribution >= 4 is 17.3 Å². The van der Waals surface area contributed by atoms with Crippen molar-refractivity contribution in [2.75, 3.05) is 25.5 Å². The predicted octanol–water partition coefficient (Wildman–Crippen LogP) is 2.52. The van der Waals surface area contributed by atoms with E-state index >= 15 is 0 Å². The van der Waals surface area contributed by atoms with Gasteiger partial charge in [0, 0.05) is 20.6 Å². The van der Waals surface area contributed by atoms with Gasteiger partial charge in [0.05, 0.1) is 10.7 Å². The normalized spacial score (nSPS) is 10.3. The lowest BCUT2D eigenvalue weighted by molar-refractivity contribution is 0.725. The van der Waals surface area contributed by atoms with Crippen molar-refractivity contribution in [2.45, 2.75) is 13.5 Å². The van der Waals surface area contributed by atoms with E-state index in [-0.39, 0.29) is 0 Å². The van der Waals surface area contributed by atoms with Crippen LogP contribution in [0.1, 0.15) is 12.5 Å². The molecule has 14 heavy (non-hydrogen) atoms. The van der Waals surface area contributed by atoms with Crippen LogP contribution >= 0.6 is 11.6 Å². The summed E-state index contributed by atoms with van der Waals surface area (Å²) in [5.41, 5.74) is 2.35. The van der Waals surface area contributed by atoms with Crippen molar-refractivity contribution in [3.05, 3.63) is 28.8 Å². The second-order valence-electron chi connectivity index (χ2n) is 3.42. The van der Waals surface area contributed by atoms with Crippen LogP contribution in [0, 0.1) is 0 Å². The zero-order chi connectivity index (χ0) is 10.6. The number of nitrogens with zero attached hydrogens (tertiary/aromatic N) is 1. The third kappa shape index (κ3) is 2.63. The molecule has 0 heterocycles. The van der Waals surface area contributed by atoms with Crippen LogP contribution in [-0.4, -0.2) is 20.6 Å². The van der Waals surface area contributed by atoms with Crippen molar-refractivity contribution in [3.8, 4) is 0 Å². The highest BCUT2D eigenvalue weighted by Crippen LogP contribution is 2.28. The Morgan fingerprint density at radius 1 is 1.36 bits per heavy atom. The van der Waals surface area contributed by atoms with Crippen molar-refractivity contribution in [2.24, 2.45) is 0 Å². The molecule has 0 saturated carbocycles. The Morgan fingerprint density at radius 3 is 2.64 bits per heavy atom. The van der Waals surface area contributed by atoms with Gasteiger partial charge in [0.1, 0.15) is 0 Å². The van der Waals surface area contributed by atoms with Crippen LogP contribution in [0.4, 0.5) is 5.69 Å². The van der Waals surface area contributed by atoms with Crippen LogP contribution in [-0.2, 0) is 6.54 Å². The Bertz CT molecular complexity index is 297. The van der Waals surface area contributed by atoms with Crippen LogP contribution in [0.15, 0.2) is 18.2 Å². The Morgan fingerprint density at radius 2 is 2.07 bits per heavy atom. The third-order valence-electron chi connectivity index (χ3n) is 2.08. The Labute approximate surface area is 90.9 Å². The number of anilines is 1. The van der Waals surface area contributed by atoms with E-state index in [1.807, 2.05) is 26.2 Å². The van der Waals surface area contributed by atoms with Crippen molar-refractivity contribution < 1.29 is 0 Å². The van der Waals surface area contributed by atoms with E-state index < -0.39 is 0 Å². The van der Waals surface area contributed by atoms with Crippen LogP contribution in [0.5, 0.6) is 0 Å². The second kappa shape index (κ2) is 5.23. The summed E-state index contributed by atoms with van der Waals surface area (Å²) in [6.45, 7) is 3.93. The molecule has 0 aliphatic heterocycles. The first-order valence-corrected chi connectivity index (χ1v) is 5.20. The van der Waals surface area contributed by atoms with E-state index in [4.69, 9.17) is 11.6 Å². The molecule has 0 aliphatic carbocycles. The highest BCUT2D eigenvalue weighted by Gasteiger charge is 2.07. The fourth-order valence-corrected chi connectivity index (χ4v) is 1.83. The average Bonchev–Trinajstić information content (AvgIpc) is 2.14. The topological polar surface area (TPSA) is 15.3 Å². The lowest BCUT2D eigenvalue weighted by Gasteiger charge is -2.19. The maximum atomic E-state index is 6.13. The van der Waals surface area contributed by atoms with Gasteiger partial charge in [-0.2, -0.15) is 0 Å². The van der Waals surface area contributed by atoms with Gasteiger partial charge in [-0.25, -0.2) is 0 Å². The van der Waals surface area contributed by atoms with Gasteiger partial charge in [0.2, 0.25) is 0 Å². The van der Waals surface area contributed by atoms with Crippen LogP contribution in [0.2, 0.25) is 5.02 Å². The zero-order valence-electron chi connectivity index (χ0n) is 8.97. The number of nitrogens with one attached hydrogen (secondary N) is 1. The summed E-state index contributed by atoms with van der Waals surface area (Å²) >= 11 is 6.13. The molecule has 0 fully saturated rings. The van der Waals surface area contributed by atoms with E-state index in [9.17, 15) is 0 Å². The molecule has 2 nitrogen and oxygen atoms in total. The molecule has 0 radical (unpaired) electrons. The number of halogens is 1. The molecule has 78 valence electrons. The fraction of sp³-hybridized carbons (Fsp3) is 0.455. The molecule has 1 N–H and O–H groups in total. The van der Waals surface area contributed by atoms with E-state index in [2.05, 4.69) is 23.2 Å². The van der Waals surface area contributed by atoms with Crippen LogP contribution in [0.25, 0.3) is 0 Å². The summed E-state index contributed by atoms with van der Waals surface area (Å²) in [5.74, 6) is 0. The lowest BCUT2D eigenvalue weighted by atomic mass is 10.1. The quantitative estimate of drug-likeness (QED) is 0.825. The van der Waals surface area contributed by atoms with E-state index in [1.165, 1.54) is 5.56 Å². The van der Waals surface area contributed by atoms with Gasteiger partial charge in [-0.3, -0.25) is 0 Å². The second-order valence-corrected chi connectivity index (χ2v) is 3.83. The smallest absolute Gasteiger partial charge is 0.0642 e. The number of hydrogen-bond acceptors (Lipinski definition) is 2. The van der Waals surface area contributed by atoms with Gasteiger partial charge < -0.3 is 10.2 Å². The molecule has 1 aromatic rings. The third-order valence-corrected chi connectivity index (χ3v) is 2.39. The molecule has 3 heteroatoms. The van der Waals surface area contributed by atoms with Crippen LogP contribution < -0.4 is 10.2 Å². The van der Waals surface area contributed by atoms with Gasteiger partial charge in [-0.1, -0.05) is 30.7 Å². The molecule has 0 saturated heterocycles. The van der Waals surface area contributed by atoms with Gasteiger partial charge >= 0.3 is 0 Å². The summed E-state index contributed by atoms with van der Waals surface area (Å²) in [6, 6.07) is 6.01. The predicted molar refractivity (Wildman–Crippen MR) is 63.2 cm³/mol. The monoisotopic (exact) mass is 212 g/mol. The number of hydrogen-bond donors (Lipinski definition) is 1.